The van der Waals surface area contributed by atoms with E-state index < -0.39 is 0 Å². The van der Waals surface area contributed by atoms with Crippen LogP contribution in [0.25, 0.3) is 0 Å². The maximum Gasteiger partial charge on any atom is 0.253 e. The van der Waals surface area contributed by atoms with E-state index in [0.717, 1.165) is 37.9 Å². The number of anilines is 2. The Morgan fingerprint density at radius 3 is 2.24 bits per heavy atom. The zero-order valence-corrected chi connectivity index (χ0v) is 18.2. The first-order chi connectivity index (χ1) is 14.1. The van der Waals surface area contributed by atoms with Crippen molar-refractivity contribution in [3.8, 4) is 0 Å². The van der Waals surface area contributed by atoms with Crippen molar-refractivity contribution < 1.29 is 4.79 Å². The molecule has 29 heavy (non-hydrogen) atoms. The molecule has 2 aromatic carbocycles. The Morgan fingerprint density at radius 1 is 1.07 bits per heavy atom. The number of nitrogens with zero attached hydrogens (tertiary/aromatic N) is 1. The Morgan fingerprint density at radius 2 is 1.69 bits per heavy atom. The minimum absolute atomic E-state index is 0.166. The third kappa shape index (κ3) is 4.11. The number of para-hydroxylation sites is 2. The topological polar surface area (TPSA) is 44.4 Å². The molecule has 1 fully saturated rings. The molecule has 2 heterocycles. The number of rotatable bonds is 6. The molecule has 0 radical (unpaired) electrons. The minimum Gasteiger partial charge on any atom is -0.352 e. The highest BCUT2D eigenvalue weighted by atomic mass is 32.2. The lowest BCUT2D eigenvalue weighted by Crippen LogP contribution is -2.51. The maximum atomic E-state index is 13.0. The SMILES string of the molecule is CCCCc1ccc(C(=O)N2CCC(C3(SC)Nc4ccccc4N3)CC2)cc1. The van der Waals surface area contributed by atoms with Gasteiger partial charge in [-0.05, 0) is 61.8 Å². The molecule has 0 unspecified atom stereocenters. The molecule has 0 aromatic heterocycles. The van der Waals surface area contributed by atoms with Gasteiger partial charge in [0.05, 0.1) is 11.4 Å². The molecule has 2 aliphatic rings. The summed E-state index contributed by atoms with van der Waals surface area (Å²) >= 11 is 1.83. The molecule has 0 bridgehead atoms. The standard InChI is InChI=1S/C24H31N3OS/c1-3-4-7-18-10-12-19(13-11-18)23(28)27-16-14-20(15-17-27)24(29-2)25-21-8-5-6-9-22(21)26-24/h5-6,8-13,20,25-26H,3-4,7,14-17H2,1-2H3. The van der Waals surface area contributed by atoms with E-state index in [2.05, 4.69) is 60.2 Å². The van der Waals surface area contributed by atoms with Gasteiger partial charge in [-0.3, -0.25) is 4.79 Å². The van der Waals surface area contributed by atoms with Crippen LogP contribution >= 0.6 is 11.8 Å². The van der Waals surface area contributed by atoms with E-state index >= 15 is 0 Å². The number of hydrogen-bond donors (Lipinski definition) is 2. The Bertz CT molecular complexity index is 818. The van der Waals surface area contributed by atoms with Gasteiger partial charge in [0, 0.05) is 24.6 Å². The van der Waals surface area contributed by atoms with Gasteiger partial charge in [0.1, 0.15) is 0 Å². The van der Waals surface area contributed by atoms with Crippen LogP contribution in [0.1, 0.15) is 48.5 Å². The number of thioether (sulfide) groups is 1. The molecule has 1 amide bonds. The summed E-state index contributed by atoms with van der Waals surface area (Å²) in [5, 5.41) is 7.43. The second-order valence-corrected chi connectivity index (χ2v) is 9.15. The molecule has 0 spiro atoms. The third-order valence-electron chi connectivity index (χ3n) is 6.27. The molecular weight excluding hydrogens is 378 g/mol. The van der Waals surface area contributed by atoms with Gasteiger partial charge in [-0.2, -0.15) is 0 Å². The molecule has 0 saturated carbocycles. The quantitative estimate of drug-likeness (QED) is 0.667. The first-order valence-corrected chi connectivity index (χ1v) is 12.0. The number of benzene rings is 2. The van der Waals surface area contributed by atoms with Crippen molar-refractivity contribution >= 4 is 29.0 Å². The number of unbranched alkanes of at least 4 members (excludes halogenated alkanes) is 1. The van der Waals surface area contributed by atoms with Crippen LogP contribution in [0.5, 0.6) is 0 Å². The average molecular weight is 410 g/mol. The summed E-state index contributed by atoms with van der Waals surface area (Å²) < 4.78 is 0. The van der Waals surface area contributed by atoms with Crippen molar-refractivity contribution in [2.45, 2.75) is 44.0 Å². The van der Waals surface area contributed by atoms with Gasteiger partial charge in [0.25, 0.3) is 5.91 Å². The second-order valence-electron chi connectivity index (χ2n) is 8.10. The zero-order chi connectivity index (χ0) is 20.3. The molecule has 4 rings (SSSR count). The second kappa shape index (κ2) is 8.70. The van der Waals surface area contributed by atoms with Crippen molar-refractivity contribution in [3.05, 3.63) is 59.7 Å². The minimum atomic E-state index is -0.181. The molecule has 1 saturated heterocycles. The van der Waals surface area contributed by atoms with Gasteiger partial charge in [-0.15, -0.1) is 11.8 Å². The fourth-order valence-corrected chi connectivity index (χ4v) is 5.46. The van der Waals surface area contributed by atoms with Crippen molar-refractivity contribution in [2.75, 3.05) is 30.0 Å². The van der Waals surface area contributed by atoms with Gasteiger partial charge in [0.2, 0.25) is 0 Å². The van der Waals surface area contributed by atoms with Gasteiger partial charge >= 0.3 is 0 Å². The van der Waals surface area contributed by atoms with Crippen LogP contribution in [0, 0.1) is 5.92 Å². The molecular formula is C24H31N3OS. The van der Waals surface area contributed by atoms with Gasteiger partial charge < -0.3 is 15.5 Å². The lowest BCUT2D eigenvalue weighted by molar-refractivity contribution is 0.0681. The number of amides is 1. The van der Waals surface area contributed by atoms with Crippen LogP contribution in [0.3, 0.4) is 0 Å². The number of hydrogen-bond acceptors (Lipinski definition) is 4. The van der Waals surface area contributed by atoms with Crippen LogP contribution in [0.15, 0.2) is 48.5 Å². The van der Waals surface area contributed by atoms with E-state index in [1.807, 2.05) is 28.8 Å². The van der Waals surface area contributed by atoms with Crippen LogP contribution < -0.4 is 10.6 Å². The summed E-state index contributed by atoms with van der Waals surface area (Å²) in [7, 11) is 0. The van der Waals surface area contributed by atoms with Crippen molar-refractivity contribution in [1.82, 2.24) is 4.90 Å². The van der Waals surface area contributed by atoms with E-state index in [1.54, 1.807) is 0 Å². The predicted molar refractivity (Wildman–Crippen MR) is 124 cm³/mol. The normalized spacial score (nSPS) is 18.1. The third-order valence-corrected chi connectivity index (χ3v) is 7.45. The number of nitrogens with one attached hydrogen (secondary N) is 2. The van der Waals surface area contributed by atoms with Crippen LogP contribution in [0.4, 0.5) is 11.4 Å². The van der Waals surface area contributed by atoms with Crippen LogP contribution in [-0.2, 0) is 6.42 Å². The highest BCUT2D eigenvalue weighted by Gasteiger charge is 2.44. The fraction of sp³-hybridized carbons (Fsp3) is 0.458. The maximum absolute atomic E-state index is 13.0. The van der Waals surface area contributed by atoms with Crippen LogP contribution in [0.2, 0.25) is 0 Å². The smallest absolute Gasteiger partial charge is 0.253 e. The lowest BCUT2D eigenvalue weighted by atomic mass is 9.92. The molecule has 5 heteroatoms. The number of piperidine rings is 1. The van der Waals surface area contributed by atoms with E-state index in [1.165, 1.54) is 29.8 Å². The van der Waals surface area contributed by atoms with E-state index in [-0.39, 0.29) is 10.9 Å². The fourth-order valence-electron chi connectivity index (χ4n) is 4.47. The van der Waals surface area contributed by atoms with E-state index in [9.17, 15) is 4.79 Å². The van der Waals surface area contributed by atoms with E-state index in [0.29, 0.717) is 5.92 Å². The average Bonchev–Trinajstić information content (AvgIpc) is 3.18. The summed E-state index contributed by atoms with van der Waals surface area (Å²) in [4.78, 5) is 14.8. The summed E-state index contributed by atoms with van der Waals surface area (Å²) in [6, 6.07) is 16.6. The van der Waals surface area contributed by atoms with Gasteiger partial charge in [-0.1, -0.05) is 37.6 Å². The van der Waals surface area contributed by atoms with Crippen molar-refractivity contribution in [3.63, 3.8) is 0 Å². The molecule has 154 valence electrons. The molecule has 2 aromatic rings. The Labute approximate surface area is 178 Å². The highest BCUT2D eigenvalue weighted by Crippen LogP contribution is 2.46. The number of likely N-dealkylation sites (tertiary alicyclic amines) is 1. The lowest BCUT2D eigenvalue weighted by Gasteiger charge is -2.42. The zero-order valence-electron chi connectivity index (χ0n) is 17.4. The Hall–Kier alpha value is -2.14. The van der Waals surface area contributed by atoms with Gasteiger partial charge in [0.15, 0.2) is 4.99 Å². The number of carbonyl (C=O) groups is 1. The summed E-state index contributed by atoms with van der Waals surface area (Å²) in [6.45, 7) is 3.82. The first kappa shape index (κ1) is 20.1. The molecule has 0 aliphatic carbocycles. The molecule has 2 N–H and O–H groups in total. The summed E-state index contributed by atoms with van der Waals surface area (Å²) in [5.41, 5.74) is 4.47. The van der Waals surface area contributed by atoms with Crippen molar-refractivity contribution in [2.24, 2.45) is 5.92 Å². The molecule has 4 nitrogen and oxygen atoms in total. The first-order valence-electron chi connectivity index (χ1n) is 10.7. The van der Waals surface area contributed by atoms with E-state index in [4.69, 9.17) is 0 Å². The van der Waals surface area contributed by atoms with Gasteiger partial charge in [-0.25, -0.2) is 0 Å². The molecule has 2 aliphatic heterocycles. The summed E-state index contributed by atoms with van der Waals surface area (Å²) in [6.07, 6.45) is 7.63. The predicted octanol–water partition coefficient (Wildman–Crippen LogP) is 5.44. The van der Waals surface area contributed by atoms with Crippen LogP contribution in [-0.4, -0.2) is 35.1 Å². The monoisotopic (exact) mass is 409 g/mol. The highest BCUT2D eigenvalue weighted by molar-refractivity contribution is 8.00. The Kier molecular flexibility index (Phi) is 6.04. The number of aryl methyl sites for hydroxylation is 1. The molecule has 0 atom stereocenters. The van der Waals surface area contributed by atoms with Crippen molar-refractivity contribution in [1.29, 1.82) is 0 Å². The largest absolute Gasteiger partial charge is 0.352 e. The number of carbonyl (C=O) groups excluding carboxylic acids is 1. The number of fused-ring (bicyclic) bond motifs is 1. The summed E-state index contributed by atoms with van der Waals surface area (Å²) in [5.74, 6) is 0.629. The Balaban J connectivity index is 1.37.